The highest BCUT2D eigenvalue weighted by molar-refractivity contribution is 5.57. The second-order valence-electron chi connectivity index (χ2n) is 4.65. The van der Waals surface area contributed by atoms with E-state index in [1.807, 2.05) is 13.1 Å². The number of benzene rings is 1. The van der Waals surface area contributed by atoms with Gasteiger partial charge in [0.1, 0.15) is 0 Å². The fourth-order valence-electron chi connectivity index (χ4n) is 2.48. The number of likely N-dealkylation sites (N-methyl/N-ethyl adjacent to an activating group) is 1. The summed E-state index contributed by atoms with van der Waals surface area (Å²) in [6.07, 6.45) is 4.65. The Kier molecular flexibility index (Phi) is 3.53. The van der Waals surface area contributed by atoms with Crippen molar-refractivity contribution in [2.24, 2.45) is 0 Å². The van der Waals surface area contributed by atoms with Crippen LogP contribution in [0, 0.1) is 0 Å². The van der Waals surface area contributed by atoms with E-state index in [1.165, 1.54) is 11.1 Å². The predicted octanol–water partition coefficient (Wildman–Crippen LogP) is 1.98. The van der Waals surface area contributed by atoms with Crippen molar-refractivity contribution < 1.29 is 4.74 Å². The summed E-state index contributed by atoms with van der Waals surface area (Å²) in [7, 11) is 1.95. The summed E-state index contributed by atoms with van der Waals surface area (Å²) in [5, 5.41) is 3.17. The molecule has 1 aliphatic rings. The second-order valence-corrected chi connectivity index (χ2v) is 4.65. The topological polar surface area (TPSA) is 47.0 Å². The van der Waals surface area contributed by atoms with Crippen LogP contribution < -0.4 is 5.32 Å². The predicted molar refractivity (Wildman–Crippen MR) is 73.8 cm³/mol. The first-order valence-corrected chi connectivity index (χ1v) is 6.55. The van der Waals surface area contributed by atoms with Crippen molar-refractivity contribution in [3.8, 4) is 11.4 Å². The van der Waals surface area contributed by atoms with Gasteiger partial charge in [0, 0.05) is 24.5 Å². The third kappa shape index (κ3) is 2.50. The Bertz CT molecular complexity index is 557. The van der Waals surface area contributed by atoms with E-state index in [-0.39, 0.29) is 6.10 Å². The molecule has 2 heterocycles. The Labute approximate surface area is 112 Å². The summed E-state index contributed by atoms with van der Waals surface area (Å²) in [5.41, 5.74) is 3.70. The molecule has 0 saturated carbocycles. The van der Waals surface area contributed by atoms with Crippen molar-refractivity contribution in [3.63, 3.8) is 0 Å². The molecule has 2 aromatic rings. The normalized spacial score (nSPS) is 18.1. The second kappa shape index (κ2) is 5.47. The first kappa shape index (κ1) is 12.3. The van der Waals surface area contributed by atoms with Gasteiger partial charge < -0.3 is 10.1 Å². The zero-order valence-corrected chi connectivity index (χ0v) is 11.0. The summed E-state index contributed by atoms with van der Waals surface area (Å²) in [6, 6.07) is 8.24. The summed E-state index contributed by atoms with van der Waals surface area (Å²) in [5.74, 6) is 0.780. The lowest BCUT2D eigenvalue weighted by atomic mass is 9.95. The highest BCUT2D eigenvalue weighted by Gasteiger charge is 2.20. The lowest BCUT2D eigenvalue weighted by Gasteiger charge is -2.26. The van der Waals surface area contributed by atoms with Crippen LogP contribution >= 0.6 is 0 Å². The van der Waals surface area contributed by atoms with Gasteiger partial charge in [0.05, 0.1) is 12.7 Å². The Morgan fingerprint density at radius 3 is 2.95 bits per heavy atom. The van der Waals surface area contributed by atoms with Crippen LogP contribution in [0.15, 0.2) is 36.7 Å². The van der Waals surface area contributed by atoms with E-state index in [0.29, 0.717) is 0 Å². The number of ether oxygens (including phenoxy) is 1. The summed E-state index contributed by atoms with van der Waals surface area (Å²) < 4.78 is 5.80. The van der Waals surface area contributed by atoms with Crippen LogP contribution in [0.3, 0.4) is 0 Å². The maximum absolute atomic E-state index is 5.80. The molecule has 1 aromatic carbocycles. The first-order chi connectivity index (χ1) is 9.38. The molecule has 4 nitrogen and oxygen atoms in total. The molecule has 3 rings (SSSR count). The molecule has 4 heteroatoms. The van der Waals surface area contributed by atoms with E-state index in [0.717, 1.165) is 31.0 Å². The fourth-order valence-corrected chi connectivity index (χ4v) is 2.48. The molecule has 1 N–H and O–H groups in total. The standard InChI is InChI=1S/C15H17N3O/c1-16-10-14-13-4-3-12(9-11(13)5-8-19-14)15-17-6-2-7-18-15/h2-4,6-7,9,14,16H,5,8,10H2,1H3/t14-/m0/s1. The Balaban J connectivity index is 1.96. The van der Waals surface area contributed by atoms with Gasteiger partial charge in [0.15, 0.2) is 5.82 Å². The molecule has 0 bridgehead atoms. The number of fused-ring (bicyclic) bond motifs is 1. The van der Waals surface area contributed by atoms with Crippen LogP contribution in [-0.4, -0.2) is 30.2 Å². The van der Waals surface area contributed by atoms with Crippen molar-refractivity contribution in [1.29, 1.82) is 0 Å². The summed E-state index contributed by atoms with van der Waals surface area (Å²) in [6.45, 7) is 1.62. The van der Waals surface area contributed by atoms with E-state index in [2.05, 4.69) is 33.5 Å². The van der Waals surface area contributed by atoms with Crippen LogP contribution in [0.2, 0.25) is 0 Å². The van der Waals surface area contributed by atoms with Gasteiger partial charge in [-0.25, -0.2) is 9.97 Å². The molecule has 1 atom stereocenters. The fraction of sp³-hybridized carbons (Fsp3) is 0.333. The summed E-state index contributed by atoms with van der Waals surface area (Å²) in [4.78, 5) is 8.60. The first-order valence-electron chi connectivity index (χ1n) is 6.55. The third-order valence-corrected chi connectivity index (χ3v) is 3.39. The van der Waals surface area contributed by atoms with E-state index >= 15 is 0 Å². The molecule has 0 aliphatic carbocycles. The molecule has 0 unspecified atom stereocenters. The molecule has 98 valence electrons. The monoisotopic (exact) mass is 255 g/mol. The van der Waals surface area contributed by atoms with Gasteiger partial charge in [0.25, 0.3) is 0 Å². The van der Waals surface area contributed by atoms with Crippen molar-refractivity contribution in [2.45, 2.75) is 12.5 Å². The molecule has 0 saturated heterocycles. The molecular formula is C15H17N3O. The number of nitrogens with zero attached hydrogens (tertiary/aromatic N) is 2. The van der Waals surface area contributed by atoms with Crippen molar-refractivity contribution >= 4 is 0 Å². The van der Waals surface area contributed by atoms with Crippen LogP contribution in [-0.2, 0) is 11.2 Å². The van der Waals surface area contributed by atoms with Gasteiger partial charge in [-0.2, -0.15) is 0 Å². The van der Waals surface area contributed by atoms with Gasteiger partial charge in [0.2, 0.25) is 0 Å². The van der Waals surface area contributed by atoms with E-state index in [1.54, 1.807) is 12.4 Å². The van der Waals surface area contributed by atoms with Gasteiger partial charge in [-0.1, -0.05) is 12.1 Å². The van der Waals surface area contributed by atoms with Crippen LogP contribution in [0.4, 0.5) is 0 Å². The van der Waals surface area contributed by atoms with Crippen LogP contribution in [0.1, 0.15) is 17.2 Å². The third-order valence-electron chi connectivity index (χ3n) is 3.39. The van der Waals surface area contributed by atoms with Crippen molar-refractivity contribution in [1.82, 2.24) is 15.3 Å². The smallest absolute Gasteiger partial charge is 0.159 e. The quantitative estimate of drug-likeness (QED) is 0.911. The molecule has 1 aliphatic heterocycles. The molecular weight excluding hydrogens is 238 g/mol. The Morgan fingerprint density at radius 1 is 1.32 bits per heavy atom. The number of hydrogen-bond donors (Lipinski definition) is 1. The maximum atomic E-state index is 5.80. The van der Waals surface area contributed by atoms with Crippen LogP contribution in [0.5, 0.6) is 0 Å². The zero-order chi connectivity index (χ0) is 13.1. The molecule has 0 fully saturated rings. The largest absolute Gasteiger partial charge is 0.372 e. The van der Waals surface area contributed by atoms with E-state index in [9.17, 15) is 0 Å². The zero-order valence-electron chi connectivity index (χ0n) is 11.0. The minimum Gasteiger partial charge on any atom is -0.372 e. The van der Waals surface area contributed by atoms with Gasteiger partial charge in [-0.15, -0.1) is 0 Å². The Morgan fingerprint density at radius 2 is 2.16 bits per heavy atom. The summed E-state index contributed by atoms with van der Waals surface area (Å²) >= 11 is 0. The molecule has 19 heavy (non-hydrogen) atoms. The van der Waals surface area contributed by atoms with Gasteiger partial charge >= 0.3 is 0 Å². The number of rotatable bonds is 3. The van der Waals surface area contributed by atoms with Gasteiger partial charge in [-0.3, -0.25) is 0 Å². The lowest BCUT2D eigenvalue weighted by molar-refractivity contribution is 0.0439. The van der Waals surface area contributed by atoms with Crippen molar-refractivity contribution in [2.75, 3.05) is 20.2 Å². The van der Waals surface area contributed by atoms with Crippen LogP contribution in [0.25, 0.3) is 11.4 Å². The SMILES string of the molecule is CNC[C@@H]1OCCc2cc(-c3ncccn3)ccc21. The van der Waals surface area contributed by atoms with Crippen molar-refractivity contribution in [3.05, 3.63) is 47.8 Å². The average Bonchev–Trinajstić information content (AvgIpc) is 2.48. The minimum atomic E-state index is 0.152. The molecule has 0 spiro atoms. The molecule has 0 amide bonds. The van der Waals surface area contributed by atoms with E-state index in [4.69, 9.17) is 4.74 Å². The number of nitrogens with one attached hydrogen (secondary N) is 1. The van der Waals surface area contributed by atoms with E-state index < -0.39 is 0 Å². The number of hydrogen-bond acceptors (Lipinski definition) is 4. The van der Waals surface area contributed by atoms with Gasteiger partial charge in [-0.05, 0) is 36.7 Å². The highest BCUT2D eigenvalue weighted by Crippen LogP contribution is 2.29. The highest BCUT2D eigenvalue weighted by atomic mass is 16.5. The minimum absolute atomic E-state index is 0.152. The lowest BCUT2D eigenvalue weighted by Crippen LogP contribution is -2.25. The maximum Gasteiger partial charge on any atom is 0.159 e. The average molecular weight is 255 g/mol. The number of aromatic nitrogens is 2. The molecule has 0 radical (unpaired) electrons. The molecule has 1 aromatic heterocycles. The Hall–Kier alpha value is -1.78.